The summed E-state index contributed by atoms with van der Waals surface area (Å²) < 4.78 is 0. The van der Waals surface area contributed by atoms with Crippen molar-refractivity contribution in [3.05, 3.63) is 142 Å². The normalized spacial score (nSPS) is 21.1. The summed E-state index contributed by atoms with van der Waals surface area (Å²) in [6.45, 7) is 1.53. The molecule has 0 bridgehead atoms. The van der Waals surface area contributed by atoms with Crippen LogP contribution in [0.1, 0.15) is 78.1 Å². The summed E-state index contributed by atoms with van der Waals surface area (Å²) in [6.07, 6.45) is 1.28. The number of rotatable bonds is 20. The van der Waals surface area contributed by atoms with Crippen LogP contribution in [0.4, 0.5) is 0 Å². The van der Waals surface area contributed by atoms with Crippen LogP contribution in [-0.4, -0.2) is 129 Å². The van der Waals surface area contributed by atoms with E-state index in [0.29, 0.717) is 53.1 Å². The Morgan fingerprint density at radius 1 is 0.625 bits per heavy atom. The van der Waals surface area contributed by atoms with Crippen LogP contribution < -0.4 is 60.2 Å². The van der Waals surface area contributed by atoms with Crippen LogP contribution in [0.5, 0.6) is 11.5 Å². The summed E-state index contributed by atoms with van der Waals surface area (Å²) in [5.41, 5.74) is 25.5. The highest BCUT2D eigenvalue weighted by atomic mass is 35.5. The number of phenolic OH excluding ortho intramolecular Hbond substituents is 2. The molecule has 0 saturated heterocycles. The van der Waals surface area contributed by atoms with Gasteiger partial charge in [0.15, 0.2) is 0 Å². The number of unbranched alkanes of at least 4 members (excludes halogenated alkanes) is 2. The Labute approximate surface area is 467 Å². The quantitative estimate of drug-likeness (QED) is 0.0395. The second-order valence-electron chi connectivity index (χ2n) is 19.5. The van der Waals surface area contributed by atoms with E-state index >= 15 is 0 Å². The maximum atomic E-state index is 14.8. The highest BCUT2D eigenvalue weighted by Gasteiger charge is 2.36. The SMILES string of the molecule is C[C@@H](O)[C@@H]1NC(=O)[C@H](CCCCCN)NC(=O)[C@@H](Cc2ccc(C(N)=O)cc2)NC(=O)[C@H](Cc2ccc(O)cc2)NC(=O)[C@H](NC(=O)[C@@H](N)Cc2ccc(Cl)cc2)C/C=C/C[C@@H](C(=O)N[C@H](Cc2ccc(O)cc2)C(N)=O)NC1=O. The lowest BCUT2D eigenvalue weighted by molar-refractivity contribution is -0.137. The van der Waals surface area contributed by atoms with Gasteiger partial charge in [-0.2, -0.15) is 0 Å². The fourth-order valence-electron chi connectivity index (χ4n) is 8.54. The Kier molecular flexibility index (Phi) is 24.0. The number of primary amides is 2. The van der Waals surface area contributed by atoms with Crippen molar-refractivity contribution in [2.75, 3.05) is 6.54 Å². The van der Waals surface area contributed by atoms with Crippen molar-refractivity contribution < 1.29 is 58.5 Å². The fraction of sp³-hybridized carbons (Fsp3) is 0.375. The standard InChI is InChI=1S/C56H70ClN11O12/c1-31(69)47-56(80)64-42(51(75)65-44(49(61)73)28-34-14-22-38(70)23-15-34)9-5-4-8-41(62-50(74)40(59)27-32-12-20-37(57)21-13-32)52(76)66-46(30-35-16-24-39(71)25-17-35)55(79)67-45(29-33-10-18-36(19-11-33)48(60)72)54(78)63-43(53(77)68-47)7-3-2-6-26-58/h4-5,10-25,31,40-47,69-71H,2-3,6-9,26-30,58-59H2,1H3,(H2,60,72)(H2,61,73)(H,62,74)(H,63,78)(H,64,80)(H,65,75)(H,66,76)(H,67,79)(H,68,77)/b5-4+/t31-,40+,41-,42+,43+,44-,45-,46+,47+/m1/s1. The number of amides is 9. The zero-order valence-corrected chi connectivity index (χ0v) is 44.8. The first-order valence-corrected chi connectivity index (χ1v) is 26.4. The maximum absolute atomic E-state index is 14.8. The van der Waals surface area contributed by atoms with Gasteiger partial charge in [0, 0.05) is 29.8 Å². The van der Waals surface area contributed by atoms with Gasteiger partial charge in [0.05, 0.1) is 12.1 Å². The summed E-state index contributed by atoms with van der Waals surface area (Å²) in [4.78, 5) is 125. The van der Waals surface area contributed by atoms with Gasteiger partial charge in [-0.1, -0.05) is 85.1 Å². The average molecular weight is 1120 g/mol. The van der Waals surface area contributed by atoms with Gasteiger partial charge in [-0.05, 0) is 116 Å². The topological polar surface area (TPSA) is 403 Å². The van der Waals surface area contributed by atoms with Crippen molar-refractivity contribution in [2.45, 2.75) is 126 Å². The van der Waals surface area contributed by atoms with E-state index in [-0.39, 0.29) is 62.0 Å². The number of carbonyl (C=O) groups is 9. The molecule has 4 aromatic carbocycles. The number of hydrogen-bond acceptors (Lipinski definition) is 14. The highest BCUT2D eigenvalue weighted by molar-refractivity contribution is 6.30. The number of carbonyl (C=O) groups excluding carboxylic acids is 9. The smallest absolute Gasteiger partial charge is 0.248 e. The molecule has 1 aliphatic rings. The van der Waals surface area contributed by atoms with Gasteiger partial charge in [0.2, 0.25) is 53.2 Å². The minimum Gasteiger partial charge on any atom is -0.508 e. The number of aromatic hydroxyl groups is 2. The summed E-state index contributed by atoms with van der Waals surface area (Å²) in [5.74, 6) is -8.26. The summed E-state index contributed by atoms with van der Waals surface area (Å²) in [5, 5.41) is 49.7. The molecule has 0 fully saturated rings. The first kappa shape index (κ1) is 62.5. The molecule has 9 atom stereocenters. The van der Waals surface area contributed by atoms with Crippen LogP contribution in [0, 0.1) is 0 Å². The Morgan fingerprint density at radius 2 is 1.12 bits per heavy atom. The minimum absolute atomic E-state index is 0.0196. The van der Waals surface area contributed by atoms with Crippen LogP contribution in [0.15, 0.2) is 109 Å². The number of aliphatic hydroxyl groups excluding tert-OH is 1. The lowest BCUT2D eigenvalue weighted by Gasteiger charge is -2.29. The molecule has 24 heteroatoms. The van der Waals surface area contributed by atoms with E-state index in [9.17, 15) is 58.5 Å². The number of nitrogens with two attached hydrogens (primary N) is 4. The first-order valence-electron chi connectivity index (χ1n) is 26.0. The van der Waals surface area contributed by atoms with Crippen molar-refractivity contribution in [3.63, 3.8) is 0 Å². The number of aliphatic hydroxyl groups is 1. The van der Waals surface area contributed by atoms with Gasteiger partial charge in [0.25, 0.3) is 0 Å². The molecule has 0 spiro atoms. The molecular weight excluding hydrogens is 1050 g/mol. The van der Waals surface area contributed by atoms with Gasteiger partial charge >= 0.3 is 0 Å². The maximum Gasteiger partial charge on any atom is 0.248 e. The molecule has 428 valence electrons. The van der Waals surface area contributed by atoms with E-state index in [4.69, 9.17) is 34.5 Å². The molecule has 9 amide bonds. The van der Waals surface area contributed by atoms with Gasteiger partial charge in [-0.25, -0.2) is 0 Å². The van der Waals surface area contributed by atoms with Crippen molar-refractivity contribution in [1.29, 1.82) is 0 Å². The number of nitrogens with one attached hydrogen (secondary N) is 7. The fourth-order valence-corrected chi connectivity index (χ4v) is 8.67. The van der Waals surface area contributed by atoms with Gasteiger partial charge in [0.1, 0.15) is 53.8 Å². The molecule has 1 aliphatic heterocycles. The molecule has 1 heterocycles. The zero-order chi connectivity index (χ0) is 58.5. The molecule has 0 radical (unpaired) electrons. The average Bonchev–Trinajstić information content (AvgIpc) is 3.42. The largest absolute Gasteiger partial charge is 0.508 e. The Hall–Kier alpha value is -8.38. The monoisotopic (exact) mass is 1120 g/mol. The third-order valence-electron chi connectivity index (χ3n) is 13.1. The first-order chi connectivity index (χ1) is 38.1. The Balaban J connectivity index is 1.60. The van der Waals surface area contributed by atoms with Crippen molar-refractivity contribution in [3.8, 4) is 11.5 Å². The summed E-state index contributed by atoms with van der Waals surface area (Å²) in [6, 6.07) is 12.1. The molecule has 5 rings (SSSR count). The summed E-state index contributed by atoms with van der Waals surface area (Å²) >= 11 is 6.07. The molecular formula is C56H70ClN11O12. The van der Waals surface area contributed by atoms with Gasteiger partial charge < -0.3 is 75.5 Å². The number of benzene rings is 4. The molecule has 0 aromatic heterocycles. The number of halogens is 1. The number of hydrogen-bond donors (Lipinski definition) is 14. The van der Waals surface area contributed by atoms with Crippen molar-refractivity contribution in [1.82, 2.24) is 37.2 Å². The van der Waals surface area contributed by atoms with E-state index in [1.54, 1.807) is 24.3 Å². The van der Waals surface area contributed by atoms with Crippen LogP contribution in [-0.2, 0) is 64.0 Å². The van der Waals surface area contributed by atoms with Gasteiger partial charge in [-0.15, -0.1) is 0 Å². The second-order valence-corrected chi connectivity index (χ2v) is 20.0. The van der Waals surface area contributed by atoms with E-state index in [0.717, 1.165) is 0 Å². The predicted octanol–water partition coefficient (Wildman–Crippen LogP) is -0.423. The molecule has 23 nitrogen and oxygen atoms in total. The van der Waals surface area contributed by atoms with E-state index in [1.807, 2.05) is 0 Å². The summed E-state index contributed by atoms with van der Waals surface area (Å²) in [7, 11) is 0. The third-order valence-corrected chi connectivity index (χ3v) is 13.4. The van der Waals surface area contributed by atoms with Gasteiger partial charge in [-0.3, -0.25) is 43.2 Å². The lowest BCUT2D eigenvalue weighted by atomic mass is 10.00. The second kappa shape index (κ2) is 30.7. The molecule has 0 unspecified atom stereocenters. The van der Waals surface area contributed by atoms with Crippen LogP contribution in [0.2, 0.25) is 5.02 Å². The Morgan fingerprint density at radius 3 is 1.68 bits per heavy atom. The highest BCUT2D eigenvalue weighted by Crippen LogP contribution is 2.17. The van der Waals surface area contributed by atoms with Crippen LogP contribution in [0.3, 0.4) is 0 Å². The third kappa shape index (κ3) is 19.8. The van der Waals surface area contributed by atoms with E-state index in [2.05, 4.69) is 37.2 Å². The molecule has 4 aromatic rings. The molecule has 0 aliphatic carbocycles. The molecule has 18 N–H and O–H groups in total. The van der Waals surface area contributed by atoms with Crippen molar-refractivity contribution in [2.24, 2.45) is 22.9 Å². The van der Waals surface area contributed by atoms with Crippen molar-refractivity contribution >= 4 is 64.8 Å². The predicted molar refractivity (Wildman–Crippen MR) is 296 cm³/mol. The van der Waals surface area contributed by atoms with Crippen LogP contribution >= 0.6 is 11.6 Å². The molecule has 80 heavy (non-hydrogen) atoms. The zero-order valence-electron chi connectivity index (χ0n) is 44.1. The lowest BCUT2D eigenvalue weighted by Crippen LogP contribution is -2.62. The minimum atomic E-state index is -1.76. The van der Waals surface area contributed by atoms with E-state index in [1.165, 1.54) is 91.9 Å². The van der Waals surface area contributed by atoms with Crippen LogP contribution in [0.25, 0.3) is 0 Å². The van der Waals surface area contributed by atoms with E-state index < -0.39 is 108 Å². The number of phenols is 2. The Bertz CT molecular complexity index is 2820. The molecule has 0 saturated carbocycles.